The molecule has 7 heteroatoms. The van der Waals surface area contributed by atoms with E-state index in [2.05, 4.69) is 10.6 Å². The molecule has 0 saturated carbocycles. The molecular weight excluding hydrogens is 320 g/mol. The number of amides is 5. The fourth-order valence-electron chi connectivity index (χ4n) is 4.35. The number of imide groups is 1. The monoisotopic (exact) mass is 336 g/mol. The smallest absolute Gasteiger partial charge is 0.317 e. The molecule has 25 heavy (non-hydrogen) atoms. The van der Waals surface area contributed by atoms with Crippen molar-refractivity contribution in [3.8, 4) is 0 Å². The quantitative estimate of drug-likeness (QED) is 0.779. The van der Waals surface area contributed by atoms with Gasteiger partial charge < -0.3 is 15.1 Å². The molecule has 7 nitrogen and oxygen atoms in total. The van der Waals surface area contributed by atoms with Gasteiger partial charge in [0.2, 0.25) is 0 Å². The summed E-state index contributed by atoms with van der Waals surface area (Å²) in [5, 5.41) is 7.33. The average molecular weight is 336 g/mol. The van der Waals surface area contributed by atoms with Gasteiger partial charge in [0.05, 0.1) is 17.8 Å². The van der Waals surface area contributed by atoms with Gasteiger partial charge in [-0.15, -0.1) is 0 Å². The molecule has 5 amide bonds. The molecule has 3 fully saturated rings. The summed E-state index contributed by atoms with van der Waals surface area (Å²) in [6.07, 6.45) is 0.660. The van der Waals surface area contributed by atoms with Crippen LogP contribution in [0.25, 0.3) is 10.8 Å². The lowest BCUT2D eigenvalue weighted by molar-refractivity contribution is -0.122. The molecule has 2 N–H and O–H groups in total. The molecular formula is C18H16N4O3. The van der Waals surface area contributed by atoms with Gasteiger partial charge in [-0.3, -0.25) is 10.1 Å². The number of fused-ring (bicyclic) bond motifs is 6. The van der Waals surface area contributed by atoms with Crippen molar-refractivity contribution in [2.75, 3.05) is 11.9 Å². The Morgan fingerprint density at radius 3 is 2.80 bits per heavy atom. The second kappa shape index (κ2) is 4.95. The summed E-state index contributed by atoms with van der Waals surface area (Å²) < 4.78 is 0. The standard InChI is InChI=1S/C18H16N4O3/c23-16-15-14-8-11(22(15)18(25)20-16)9-21(14)17(24)19-13-7-3-5-10-4-1-2-6-12(10)13/h1-7,11,14-15H,8-9H2,(H,19,24)(H,20,23,25). The summed E-state index contributed by atoms with van der Waals surface area (Å²) in [5.41, 5.74) is 0.745. The zero-order valence-electron chi connectivity index (χ0n) is 13.3. The van der Waals surface area contributed by atoms with Crippen molar-refractivity contribution in [3.63, 3.8) is 0 Å². The summed E-state index contributed by atoms with van der Waals surface area (Å²) in [6, 6.07) is 12.2. The number of likely N-dealkylation sites (tertiary alicyclic amines) is 1. The molecule has 126 valence electrons. The van der Waals surface area contributed by atoms with Crippen molar-refractivity contribution >= 4 is 34.4 Å². The van der Waals surface area contributed by atoms with Gasteiger partial charge in [-0.2, -0.15) is 0 Å². The molecule has 2 bridgehead atoms. The van der Waals surface area contributed by atoms with Crippen LogP contribution in [0.15, 0.2) is 42.5 Å². The van der Waals surface area contributed by atoms with Gasteiger partial charge in [-0.05, 0) is 17.9 Å². The number of hydrogen-bond acceptors (Lipinski definition) is 3. The minimum absolute atomic E-state index is 0.0836. The summed E-state index contributed by atoms with van der Waals surface area (Å²) in [6.45, 7) is 0.457. The third-order valence-electron chi connectivity index (χ3n) is 5.40. The number of carbonyl (C=O) groups excluding carboxylic acids is 3. The van der Waals surface area contributed by atoms with Gasteiger partial charge in [-0.1, -0.05) is 36.4 Å². The molecule has 3 aliphatic heterocycles. The normalized spacial score (nSPS) is 27.0. The van der Waals surface area contributed by atoms with Crippen LogP contribution < -0.4 is 10.6 Å². The van der Waals surface area contributed by atoms with Crippen molar-refractivity contribution in [1.29, 1.82) is 0 Å². The minimum Gasteiger partial charge on any atom is -0.317 e. The number of carbonyl (C=O) groups is 3. The van der Waals surface area contributed by atoms with E-state index in [0.29, 0.717) is 13.0 Å². The fraction of sp³-hybridized carbons (Fsp3) is 0.278. The van der Waals surface area contributed by atoms with E-state index in [1.54, 1.807) is 9.80 Å². The second-order valence-corrected chi connectivity index (χ2v) is 6.71. The van der Waals surface area contributed by atoms with Crippen LogP contribution in [0.2, 0.25) is 0 Å². The number of benzene rings is 2. The Bertz CT molecular complexity index is 922. The van der Waals surface area contributed by atoms with Gasteiger partial charge in [0.15, 0.2) is 0 Å². The molecule has 3 unspecified atom stereocenters. The number of urea groups is 2. The van der Waals surface area contributed by atoms with Crippen LogP contribution in [0, 0.1) is 0 Å². The highest BCUT2D eigenvalue weighted by Gasteiger charge is 2.60. The first kappa shape index (κ1) is 14.3. The van der Waals surface area contributed by atoms with E-state index in [4.69, 9.17) is 0 Å². The number of anilines is 1. The highest BCUT2D eigenvalue weighted by molar-refractivity contribution is 6.07. The van der Waals surface area contributed by atoms with E-state index < -0.39 is 6.04 Å². The average Bonchev–Trinajstić information content (AvgIpc) is 3.28. The van der Waals surface area contributed by atoms with Crippen LogP contribution >= 0.6 is 0 Å². The third-order valence-corrected chi connectivity index (χ3v) is 5.40. The third kappa shape index (κ3) is 1.95. The van der Waals surface area contributed by atoms with Gasteiger partial charge in [0, 0.05) is 11.9 Å². The van der Waals surface area contributed by atoms with Crippen molar-refractivity contribution in [3.05, 3.63) is 42.5 Å². The van der Waals surface area contributed by atoms with E-state index in [9.17, 15) is 14.4 Å². The largest absolute Gasteiger partial charge is 0.325 e. The Kier molecular flexibility index (Phi) is 2.83. The first-order chi connectivity index (χ1) is 12.1. The zero-order chi connectivity index (χ0) is 17.1. The van der Waals surface area contributed by atoms with Crippen LogP contribution in [0.3, 0.4) is 0 Å². The minimum atomic E-state index is -0.551. The van der Waals surface area contributed by atoms with Gasteiger partial charge in [0.1, 0.15) is 6.04 Å². The lowest BCUT2D eigenvalue weighted by Crippen LogP contribution is -2.55. The first-order valence-electron chi connectivity index (χ1n) is 8.32. The van der Waals surface area contributed by atoms with Crippen LogP contribution in [-0.2, 0) is 4.79 Å². The summed E-state index contributed by atoms with van der Waals surface area (Å²) >= 11 is 0. The molecule has 3 atom stereocenters. The van der Waals surface area contributed by atoms with E-state index in [1.165, 1.54) is 0 Å². The molecule has 2 aromatic carbocycles. The topological polar surface area (TPSA) is 81.8 Å². The first-order valence-corrected chi connectivity index (χ1v) is 8.32. The zero-order valence-corrected chi connectivity index (χ0v) is 13.3. The van der Waals surface area contributed by atoms with Crippen LogP contribution in [0.1, 0.15) is 6.42 Å². The van der Waals surface area contributed by atoms with E-state index in [-0.39, 0.29) is 30.1 Å². The summed E-state index contributed by atoms with van der Waals surface area (Å²) in [5.74, 6) is -0.305. The summed E-state index contributed by atoms with van der Waals surface area (Å²) in [4.78, 5) is 40.0. The lowest BCUT2D eigenvalue weighted by atomic mass is 10.1. The molecule has 2 aromatic rings. The number of hydrogen-bond donors (Lipinski definition) is 2. The van der Waals surface area contributed by atoms with Crippen molar-refractivity contribution < 1.29 is 14.4 Å². The Hall–Kier alpha value is -3.09. The Balaban J connectivity index is 1.41. The Morgan fingerprint density at radius 1 is 1.12 bits per heavy atom. The predicted octanol–water partition coefficient (Wildman–Crippen LogP) is 1.75. The van der Waals surface area contributed by atoms with Crippen LogP contribution in [0.4, 0.5) is 15.3 Å². The van der Waals surface area contributed by atoms with Crippen LogP contribution in [-0.4, -0.2) is 52.4 Å². The highest BCUT2D eigenvalue weighted by atomic mass is 16.2. The Labute approximate surface area is 143 Å². The number of nitrogens with zero attached hydrogens (tertiary/aromatic N) is 2. The maximum Gasteiger partial charge on any atom is 0.325 e. The maximum atomic E-state index is 12.8. The Morgan fingerprint density at radius 2 is 1.92 bits per heavy atom. The molecule has 3 aliphatic rings. The van der Waals surface area contributed by atoms with E-state index in [0.717, 1.165) is 16.5 Å². The predicted molar refractivity (Wildman–Crippen MR) is 91.0 cm³/mol. The van der Waals surface area contributed by atoms with Crippen molar-refractivity contribution in [2.24, 2.45) is 0 Å². The van der Waals surface area contributed by atoms with Gasteiger partial charge in [0.25, 0.3) is 5.91 Å². The fourth-order valence-corrected chi connectivity index (χ4v) is 4.35. The van der Waals surface area contributed by atoms with Gasteiger partial charge in [-0.25, -0.2) is 9.59 Å². The molecule has 0 radical (unpaired) electrons. The summed E-state index contributed by atoms with van der Waals surface area (Å²) in [7, 11) is 0. The number of nitrogens with one attached hydrogen (secondary N) is 2. The molecule has 0 aliphatic carbocycles. The lowest BCUT2D eigenvalue weighted by Gasteiger charge is -2.34. The van der Waals surface area contributed by atoms with E-state index in [1.807, 2.05) is 42.5 Å². The molecule has 5 rings (SSSR count). The van der Waals surface area contributed by atoms with Crippen LogP contribution in [0.5, 0.6) is 0 Å². The number of piperazine rings is 1. The highest BCUT2D eigenvalue weighted by Crippen LogP contribution is 2.38. The van der Waals surface area contributed by atoms with E-state index >= 15 is 0 Å². The second-order valence-electron chi connectivity index (χ2n) is 6.71. The van der Waals surface area contributed by atoms with Crippen molar-refractivity contribution in [2.45, 2.75) is 24.5 Å². The molecule has 0 aromatic heterocycles. The van der Waals surface area contributed by atoms with Crippen molar-refractivity contribution in [1.82, 2.24) is 15.1 Å². The maximum absolute atomic E-state index is 12.8. The molecule has 3 heterocycles. The molecule has 3 saturated heterocycles. The SMILES string of the molecule is O=C1NC(=O)N2C3CC(C12)N(C(=O)Nc1cccc2ccccc12)C3. The van der Waals surface area contributed by atoms with Gasteiger partial charge >= 0.3 is 12.1 Å². The number of rotatable bonds is 1. The molecule has 0 spiro atoms.